The van der Waals surface area contributed by atoms with Gasteiger partial charge < -0.3 is 15.0 Å². The lowest BCUT2D eigenvalue weighted by Crippen LogP contribution is -2.49. The summed E-state index contributed by atoms with van der Waals surface area (Å²) in [5, 5.41) is 7.37. The van der Waals surface area contributed by atoms with E-state index >= 15 is 0 Å². The van der Waals surface area contributed by atoms with E-state index in [0.717, 1.165) is 5.56 Å². The molecule has 4 rings (SSSR count). The van der Waals surface area contributed by atoms with Gasteiger partial charge in [0, 0.05) is 7.05 Å². The van der Waals surface area contributed by atoms with Gasteiger partial charge in [-0.3, -0.25) is 14.3 Å². The summed E-state index contributed by atoms with van der Waals surface area (Å²) in [5.41, 5.74) is 2.46. The fraction of sp³-hybridized carbons (Fsp3) is 0.227. The van der Waals surface area contributed by atoms with Gasteiger partial charge in [0.2, 0.25) is 0 Å². The number of hydrogen-bond donors (Lipinski definition) is 1. The second-order valence-corrected chi connectivity index (χ2v) is 7.47. The van der Waals surface area contributed by atoms with E-state index < -0.39 is 11.9 Å². The van der Waals surface area contributed by atoms with Gasteiger partial charge in [0.1, 0.15) is 18.4 Å². The first kappa shape index (κ1) is 20.0. The second-order valence-electron chi connectivity index (χ2n) is 7.09. The molecular weight excluding hydrogens is 404 g/mol. The van der Waals surface area contributed by atoms with Gasteiger partial charge in [-0.2, -0.15) is 5.10 Å². The topological polar surface area (TPSA) is 76.5 Å². The largest absolute Gasteiger partial charge is 0.489 e. The second kappa shape index (κ2) is 8.20. The minimum Gasteiger partial charge on any atom is -0.489 e. The van der Waals surface area contributed by atoms with Crippen LogP contribution in [-0.2, 0) is 11.3 Å². The summed E-state index contributed by atoms with van der Waals surface area (Å²) in [5.74, 6) is -0.202. The number of nitrogens with zero attached hydrogens (tertiary/aromatic N) is 3. The van der Waals surface area contributed by atoms with E-state index in [1.165, 1.54) is 4.90 Å². The van der Waals surface area contributed by atoms with Crippen LogP contribution in [0.3, 0.4) is 0 Å². The first-order valence-electron chi connectivity index (χ1n) is 9.53. The lowest BCUT2D eigenvalue weighted by Gasteiger charge is -2.20. The summed E-state index contributed by atoms with van der Waals surface area (Å²) < 4.78 is 7.42. The SMILES string of the molecule is Cc1c(Cl)c(C(=O)NC2COc3ccccc3N(C)C2=O)nn1Cc1ccccc1. The van der Waals surface area contributed by atoms with Crippen LogP contribution in [0.2, 0.25) is 5.02 Å². The number of para-hydroxylation sites is 2. The Hall–Kier alpha value is -3.32. The van der Waals surface area contributed by atoms with Crippen LogP contribution in [0.15, 0.2) is 54.6 Å². The van der Waals surface area contributed by atoms with Crippen molar-refractivity contribution in [2.75, 3.05) is 18.6 Å². The molecule has 7 nitrogen and oxygen atoms in total. The van der Waals surface area contributed by atoms with E-state index in [2.05, 4.69) is 10.4 Å². The molecule has 2 aromatic carbocycles. The van der Waals surface area contributed by atoms with Crippen LogP contribution in [0.1, 0.15) is 21.7 Å². The van der Waals surface area contributed by atoms with E-state index in [9.17, 15) is 9.59 Å². The predicted molar refractivity (Wildman–Crippen MR) is 114 cm³/mol. The van der Waals surface area contributed by atoms with Gasteiger partial charge >= 0.3 is 0 Å². The molecule has 2 amide bonds. The molecule has 8 heteroatoms. The molecule has 0 fully saturated rings. The van der Waals surface area contributed by atoms with Crippen molar-refractivity contribution in [1.29, 1.82) is 0 Å². The van der Waals surface area contributed by atoms with Crippen LogP contribution < -0.4 is 15.0 Å². The minimum atomic E-state index is -0.856. The lowest BCUT2D eigenvalue weighted by molar-refractivity contribution is -0.120. The van der Waals surface area contributed by atoms with Crippen molar-refractivity contribution < 1.29 is 14.3 Å². The van der Waals surface area contributed by atoms with Gasteiger partial charge in [-0.25, -0.2) is 0 Å². The highest BCUT2D eigenvalue weighted by Gasteiger charge is 2.32. The zero-order valence-electron chi connectivity index (χ0n) is 16.6. The van der Waals surface area contributed by atoms with E-state index in [-0.39, 0.29) is 23.2 Å². The maximum Gasteiger partial charge on any atom is 0.274 e. The number of aromatic nitrogens is 2. The number of halogens is 1. The molecule has 0 saturated carbocycles. The van der Waals surface area contributed by atoms with Gasteiger partial charge in [-0.1, -0.05) is 54.1 Å². The van der Waals surface area contributed by atoms with Gasteiger partial charge in [0.15, 0.2) is 5.69 Å². The number of likely N-dealkylation sites (N-methyl/N-ethyl adjacent to an activating group) is 1. The normalized spacial score (nSPS) is 15.9. The summed E-state index contributed by atoms with van der Waals surface area (Å²) in [7, 11) is 1.65. The molecule has 0 bridgehead atoms. The van der Waals surface area contributed by atoms with Crippen LogP contribution in [0.25, 0.3) is 0 Å². The van der Waals surface area contributed by atoms with Crippen molar-refractivity contribution in [2.45, 2.75) is 19.5 Å². The van der Waals surface area contributed by atoms with Crippen molar-refractivity contribution >= 4 is 29.1 Å². The molecule has 0 aliphatic carbocycles. The zero-order valence-corrected chi connectivity index (χ0v) is 17.4. The van der Waals surface area contributed by atoms with Crippen LogP contribution >= 0.6 is 11.6 Å². The highest BCUT2D eigenvalue weighted by Crippen LogP contribution is 2.30. The highest BCUT2D eigenvalue weighted by atomic mass is 35.5. The van der Waals surface area contributed by atoms with Gasteiger partial charge in [0.25, 0.3) is 11.8 Å². The number of amides is 2. The average Bonchev–Trinajstić information content (AvgIpc) is 2.98. The molecule has 0 spiro atoms. The summed E-state index contributed by atoms with van der Waals surface area (Å²) in [6, 6.07) is 16.2. The number of anilines is 1. The maximum atomic E-state index is 12.9. The van der Waals surface area contributed by atoms with Crippen LogP contribution in [0.5, 0.6) is 5.75 Å². The third kappa shape index (κ3) is 3.76. The zero-order chi connectivity index (χ0) is 21.3. The van der Waals surface area contributed by atoms with E-state index in [4.69, 9.17) is 16.3 Å². The molecule has 0 saturated heterocycles. The first-order valence-corrected chi connectivity index (χ1v) is 9.90. The molecule has 1 aliphatic rings. The Morgan fingerprint density at radius 3 is 2.67 bits per heavy atom. The standard InChI is InChI=1S/C22H21ClN4O3/c1-14-19(23)20(25-27(14)12-15-8-4-3-5-9-15)21(28)24-16-13-30-18-11-7-6-10-17(18)26(2)22(16)29/h3-11,16H,12-13H2,1-2H3,(H,24,28). The number of rotatable bonds is 4. The lowest BCUT2D eigenvalue weighted by atomic mass is 10.2. The Balaban J connectivity index is 1.53. The fourth-order valence-electron chi connectivity index (χ4n) is 3.36. The van der Waals surface area contributed by atoms with E-state index in [1.54, 1.807) is 30.8 Å². The Labute approximate surface area is 179 Å². The number of ether oxygens (including phenoxy) is 1. The molecule has 1 atom stereocenters. The monoisotopic (exact) mass is 424 g/mol. The summed E-state index contributed by atoms with van der Waals surface area (Å²) in [4.78, 5) is 27.2. The molecule has 1 unspecified atom stereocenters. The predicted octanol–water partition coefficient (Wildman–Crippen LogP) is 3.05. The molecule has 1 N–H and O–H groups in total. The minimum absolute atomic E-state index is 0.0211. The molecule has 1 aliphatic heterocycles. The van der Waals surface area contributed by atoms with Crippen molar-refractivity contribution in [3.63, 3.8) is 0 Å². The molecule has 0 radical (unpaired) electrons. The van der Waals surface area contributed by atoms with Crippen molar-refractivity contribution in [2.24, 2.45) is 0 Å². The Bertz CT molecular complexity index is 1100. The number of carbonyl (C=O) groups excluding carboxylic acids is 2. The molecule has 2 heterocycles. The summed E-state index contributed by atoms with van der Waals surface area (Å²) in [6.45, 7) is 2.32. The molecule has 30 heavy (non-hydrogen) atoms. The number of hydrogen-bond acceptors (Lipinski definition) is 4. The summed E-state index contributed by atoms with van der Waals surface area (Å²) in [6.07, 6.45) is 0. The number of nitrogens with one attached hydrogen (secondary N) is 1. The van der Waals surface area contributed by atoms with Gasteiger partial charge in [0.05, 0.1) is 22.9 Å². The molecule has 1 aromatic heterocycles. The van der Waals surface area contributed by atoms with Crippen LogP contribution in [0.4, 0.5) is 5.69 Å². The van der Waals surface area contributed by atoms with Gasteiger partial charge in [-0.15, -0.1) is 0 Å². The van der Waals surface area contributed by atoms with Crippen molar-refractivity contribution in [3.05, 3.63) is 76.6 Å². The Morgan fingerprint density at radius 1 is 1.20 bits per heavy atom. The number of benzene rings is 2. The van der Waals surface area contributed by atoms with Gasteiger partial charge in [-0.05, 0) is 24.6 Å². The summed E-state index contributed by atoms with van der Waals surface area (Å²) >= 11 is 6.39. The smallest absolute Gasteiger partial charge is 0.274 e. The third-order valence-electron chi connectivity index (χ3n) is 5.09. The van der Waals surface area contributed by atoms with E-state index in [1.807, 2.05) is 42.5 Å². The molecule has 3 aromatic rings. The third-order valence-corrected chi connectivity index (χ3v) is 5.54. The quantitative estimate of drug-likeness (QED) is 0.698. The van der Waals surface area contributed by atoms with E-state index in [0.29, 0.717) is 23.7 Å². The Kier molecular flexibility index (Phi) is 5.46. The number of fused-ring (bicyclic) bond motifs is 1. The first-order chi connectivity index (χ1) is 14.5. The Morgan fingerprint density at radius 2 is 1.90 bits per heavy atom. The average molecular weight is 425 g/mol. The van der Waals surface area contributed by atoms with Crippen LogP contribution in [-0.4, -0.2) is 41.3 Å². The molecule has 154 valence electrons. The maximum absolute atomic E-state index is 12.9. The van der Waals surface area contributed by atoms with Crippen molar-refractivity contribution in [3.8, 4) is 5.75 Å². The van der Waals surface area contributed by atoms with Crippen LogP contribution in [0, 0.1) is 6.92 Å². The fourth-order valence-corrected chi connectivity index (χ4v) is 3.58. The number of carbonyl (C=O) groups is 2. The van der Waals surface area contributed by atoms with Crippen molar-refractivity contribution in [1.82, 2.24) is 15.1 Å². The highest BCUT2D eigenvalue weighted by molar-refractivity contribution is 6.34. The molecular formula is C22H21ClN4O3.